The average molecular weight is 693 g/mol. The topological polar surface area (TPSA) is 35.6 Å². The summed E-state index contributed by atoms with van der Waals surface area (Å²) in [7, 11) is 0. The van der Waals surface area contributed by atoms with Crippen molar-refractivity contribution in [2.24, 2.45) is 0 Å². The highest BCUT2D eigenvalue weighted by atomic mass is 32.2. The lowest BCUT2D eigenvalue weighted by Crippen LogP contribution is -2.05. The molecule has 246 valence electrons. The quantitative estimate of drug-likeness (QED) is 0.185. The van der Waals surface area contributed by atoms with Gasteiger partial charge in [-0.05, 0) is 71.1 Å². The number of rotatable bonds is 3. The summed E-state index contributed by atoms with van der Waals surface area (Å²) in [4.78, 5) is 13.1. The molecule has 0 N–H and O–H groups in total. The largest absolute Gasteiger partial charge is 0.309 e. The Balaban J connectivity index is 1.11. The van der Waals surface area contributed by atoms with Crippen molar-refractivity contribution in [1.82, 2.24) is 19.1 Å². The van der Waals surface area contributed by atoms with Gasteiger partial charge in [-0.15, -0.1) is 0 Å². The number of para-hydroxylation sites is 2. The first-order valence-corrected chi connectivity index (χ1v) is 18.7. The number of benzene rings is 8. The van der Waals surface area contributed by atoms with Crippen molar-refractivity contribution in [3.8, 4) is 34.0 Å². The number of hydrogen-bond donors (Lipinski definition) is 0. The van der Waals surface area contributed by atoms with Crippen LogP contribution in [0.2, 0.25) is 0 Å². The maximum atomic E-state index is 5.39. The Morgan fingerprint density at radius 2 is 1.15 bits per heavy atom. The summed E-state index contributed by atoms with van der Waals surface area (Å²) in [5.41, 5.74) is 11.2. The zero-order chi connectivity index (χ0) is 34.6. The highest BCUT2D eigenvalue weighted by molar-refractivity contribution is 7.99. The molecule has 0 saturated carbocycles. The van der Waals surface area contributed by atoms with Gasteiger partial charge in [0.25, 0.3) is 0 Å². The van der Waals surface area contributed by atoms with Gasteiger partial charge in [-0.1, -0.05) is 127 Å². The molecule has 0 spiro atoms. The number of nitrogens with zero attached hydrogens (tertiary/aromatic N) is 4. The van der Waals surface area contributed by atoms with Crippen molar-refractivity contribution in [1.29, 1.82) is 0 Å². The van der Waals surface area contributed by atoms with E-state index in [-0.39, 0.29) is 0 Å². The molecule has 53 heavy (non-hydrogen) atoms. The lowest BCUT2D eigenvalue weighted by molar-refractivity contribution is 1.01. The molecule has 1 aliphatic rings. The molecule has 12 rings (SSSR count). The predicted molar refractivity (Wildman–Crippen MR) is 221 cm³/mol. The SMILES string of the molecule is c1ccc(-n2c3ccc(-c4ccc5c6ccccc6n(-c6nc7c8c(cccc8n6)Sc6ccccc6-7)c5c4)cc3c3ccc4ccccc4c32)cc1. The molecule has 1 aliphatic heterocycles. The zero-order valence-corrected chi connectivity index (χ0v) is 29.2. The lowest BCUT2D eigenvalue weighted by atomic mass is 10.0. The van der Waals surface area contributed by atoms with Crippen LogP contribution in [0.1, 0.15) is 0 Å². The Morgan fingerprint density at radius 3 is 2.09 bits per heavy atom. The van der Waals surface area contributed by atoms with Gasteiger partial charge in [-0.25, -0.2) is 9.97 Å². The smallest absolute Gasteiger partial charge is 0.235 e. The maximum absolute atomic E-state index is 5.39. The molecule has 0 amide bonds. The van der Waals surface area contributed by atoms with Gasteiger partial charge in [-0.3, -0.25) is 4.57 Å². The normalized spacial score (nSPS) is 12.5. The second-order valence-electron chi connectivity index (χ2n) is 13.8. The number of hydrogen-bond acceptors (Lipinski definition) is 3. The third kappa shape index (κ3) is 4.14. The van der Waals surface area contributed by atoms with E-state index in [1.165, 1.54) is 58.7 Å². The summed E-state index contributed by atoms with van der Waals surface area (Å²) in [5.74, 6) is 0.683. The number of fused-ring (bicyclic) bond motifs is 10. The van der Waals surface area contributed by atoms with Crippen molar-refractivity contribution in [3.05, 3.63) is 170 Å². The van der Waals surface area contributed by atoms with Crippen molar-refractivity contribution in [2.75, 3.05) is 0 Å². The van der Waals surface area contributed by atoms with Crippen LogP contribution in [-0.4, -0.2) is 19.1 Å². The van der Waals surface area contributed by atoms with Crippen LogP contribution in [0, 0.1) is 0 Å². The molecule has 0 radical (unpaired) electrons. The molecular formula is C48H28N4S. The van der Waals surface area contributed by atoms with E-state index in [2.05, 4.69) is 179 Å². The second-order valence-corrected chi connectivity index (χ2v) is 14.9. The molecule has 0 aliphatic carbocycles. The minimum Gasteiger partial charge on any atom is -0.309 e. The number of aromatic nitrogens is 4. The summed E-state index contributed by atoms with van der Waals surface area (Å²) in [6, 6.07) is 61.3. The highest BCUT2D eigenvalue weighted by Gasteiger charge is 2.24. The van der Waals surface area contributed by atoms with Crippen LogP contribution in [0.4, 0.5) is 0 Å². The van der Waals surface area contributed by atoms with E-state index >= 15 is 0 Å². The molecule has 0 fully saturated rings. The Labute approximate surface area is 308 Å². The van der Waals surface area contributed by atoms with E-state index < -0.39 is 0 Å². The second kappa shape index (κ2) is 10.9. The van der Waals surface area contributed by atoms with Crippen LogP contribution in [0.5, 0.6) is 0 Å². The van der Waals surface area contributed by atoms with E-state index in [0.29, 0.717) is 5.95 Å². The molecular weight excluding hydrogens is 665 g/mol. The molecule has 3 aromatic heterocycles. The fraction of sp³-hybridized carbons (Fsp3) is 0. The van der Waals surface area contributed by atoms with Gasteiger partial charge in [0.2, 0.25) is 5.95 Å². The third-order valence-corrected chi connectivity index (χ3v) is 12.0. The Morgan fingerprint density at radius 1 is 0.434 bits per heavy atom. The fourth-order valence-corrected chi connectivity index (χ4v) is 9.67. The van der Waals surface area contributed by atoms with Crippen molar-refractivity contribution in [3.63, 3.8) is 0 Å². The van der Waals surface area contributed by atoms with Gasteiger partial charge in [0.05, 0.1) is 33.3 Å². The average Bonchev–Trinajstić information content (AvgIpc) is 3.74. The molecule has 4 nitrogen and oxygen atoms in total. The monoisotopic (exact) mass is 692 g/mol. The standard InChI is InChI=1S/C48H28N4S/c1-2-12-32(13-3-1)51-41-26-23-30(27-38(41)36-25-21-29-11-4-5-14-33(29)47(36)51)31-22-24-35-34-15-6-8-18-40(34)52(42(35)28-31)48-49-39-17-10-20-44-45(39)46(50-48)37-16-7-9-19-43(37)53-44/h1-28H. The summed E-state index contributed by atoms with van der Waals surface area (Å²) < 4.78 is 4.68. The van der Waals surface area contributed by atoms with Crippen molar-refractivity contribution >= 4 is 77.0 Å². The molecule has 8 aromatic carbocycles. The van der Waals surface area contributed by atoms with Crippen LogP contribution in [0.15, 0.2) is 180 Å². The van der Waals surface area contributed by atoms with Crippen LogP contribution in [0.25, 0.3) is 99.3 Å². The van der Waals surface area contributed by atoms with Crippen LogP contribution >= 0.6 is 11.8 Å². The van der Waals surface area contributed by atoms with Gasteiger partial charge in [-0.2, -0.15) is 0 Å². The van der Waals surface area contributed by atoms with Crippen LogP contribution in [-0.2, 0) is 0 Å². The van der Waals surface area contributed by atoms with Crippen molar-refractivity contribution < 1.29 is 0 Å². The molecule has 4 heterocycles. The van der Waals surface area contributed by atoms with Gasteiger partial charge >= 0.3 is 0 Å². The van der Waals surface area contributed by atoms with Gasteiger partial charge in [0.1, 0.15) is 0 Å². The third-order valence-electron chi connectivity index (χ3n) is 10.9. The van der Waals surface area contributed by atoms with Gasteiger partial charge < -0.3 is 4.57 Å². The van der Waals surface area contributed by atoms with E-state index in [4.69, 9.17) is 9.97 Å². The molecule has 0 atom stereocenters. The summed E-state index contributed by atoms with van der Waals surface area (Å²) in [6.45, 7) is 0. The Kier molecular flexibility index (Phi) is 5.96. The predicted octanol–water partition coefficient (Wildman–Crippen LogP) is 12.8. The minimum atomic E-state index is 0.683. The molecule has 0 saturated heterocycles. The van der Waals surface area contributed by atoms with E-state index in [9.17, 15) is 0 Å². The molecule has 0 bridgehead atoms. The first kappa shape index (κ1) is 28.9. The van der Waals surface area contributed by atoms with E-state index in [1.807, 2.05) is 0 Å². The maximum Gasteiger partial charge on any atom is 0.235 e. The van der Waals surface area contributed by atoms with Crippen molar-refractivity contribution in [2.45, 2.75) is 9.79 Å². The zero-order valence-electron chi connectivity index (χ0n) is 28.4. The van der Waals surface area contributed by atoms with E-state index in [0.717, 1.165) is 44.4 Å². The van der Waals surface area contributed by atoms with Gasteiger partial charge in [0, 0.05) is 53.4 Å². The summed E-state index contributed by atoms with van der Waals surface area (Å²) in [5, 5.41) is 8.46. The minimum absolute atomic E-state index is 0.683. The lowest BCUT2D eigenvalue weighted by Gasteiger charge is -2.20. The van der Waals surface area contributed by atoms with Crippen LogP contribution in [0.3, 0.4) is 0 Å². The molecule has 11 aromatic rings. The Hall–Kier alpha value is -6.69. The first-order valence-electron chi connectivity index (χ1n) is 17.9. The van der Waals surface area contributed by atoms with Gasteiger partial charge in [0.15, 0.2) is 0 Å². The summed E-state index contributed by atoms with van der Waals surface area (Å²) >= 11 is 1.80. The summed E-state index contributed by atoms with van der Waals surface area (Å²) in [6.07, 6.45) is 0. The first-order chi connectivity index (χ1) is 26.3. The van der Waals surface area contributed by atoms with Crippen LogP contribution < -0.4 is 0 Å². The Bertz CT molecular complexity index is 3320. The highest BCUT2D eigenvalue weighted by Crippen LogP contribution is 2.47. The fourth-order valence-electron chi connectivity index (χ4n) is 8.56. The molecule has 0 unspecified atom stereocenters. The molecule has 5 heteroatoms. The van der Waals surface area contributed by atoms with E-state index in [1.54, 1.807) is 11.8 Å².